The molecule has 0 radical (unpaired) electrons. The monoisotopic (exact) mass is 344 g/mol. The maximum atomic E-state index is 12.2. The molecule has 0 bridgehead atoms. The number of nitrogens with one attached hydrogen (secondary N) is 1. The van der Waals surface area contributed by atoms with Crippen LogP contribution in [0.2, 0.25) is 0 Å². The molecule has 0 spiro atoms. The molecule has 0 aliphatic rings. The van der Waals surface area contributed by atoms with Crippen LogP contribution >= 0.6 is 23.1 Å². The number of carbonyl (C=O) groups excluding carboxylic acids is 1. The zero-order valence-corrected chi connectivity index (χ0v) is 14.2. The Morgan fingerprint density at radius 3 is 2.83 bits per heavy atom. The van der Waals surface area contributed by atoms with Crippen LogP contribution < -0.4 is 5.32 Å². The number of rotatable bonds is 5. The van der Waals surface area contributed by atoms with Crippen LogP contribution in [0.3, 0.4) is 0 Å². The summed E-state index contributed by atoms with van der Waals surface area (Å²) < 4.78 is 0.978. The molecule has 1 atom stereocenters. The van der Waals surface area contributed by atoms with Crippen molar-refractivity contribution in [3.63, 3.8) is 0 Å². The Morgan fingerprint density at radius 2 is 2.09 bits per heavy atom. The molecule has 1 unspecified atom stereocenters. The van der Waals surface area contributed by atoms with Gasteiger partial charge < -0.3 is 10.4 Å². The topological polar surface area (TPSA) is 62.2 Å². The zero-order chi connectivity index (χ0) is 16.2. The number of amides is 1. The Hall–Kier alpha value is -1.89. The predicted molar refractivity (Wildman–Crippen MR) is 95.1 cm³/mol. The van der Waals surface area contributed by atoms with Gasteiger partial charge in [0.1, 0.15) is 0 Å². The standard InChI is InChI=1S/C17H16N2O2S2/c1-22-13-5-2-11(3-6-13)15(20)9-18-17(21)12-4-7-14-16(8-12)23-10-19-14/h2-8,10,15,20H,9H2,1H3,(H,18,21). The van der Waals surface area contributed by atoms with Gasteiger partial charge in [-0.2, -0.15) is 0 Å². The molecule has 0 saturated heterocycles. The lowest BCUT2D eigenvalue weighted by molar-refractivity contribution is 0.0916. The van der Waals surface area contributed by atoms with Crippen molar-refractivity contribution in [2.24, 2.45) is 0 Å². The lowest BCUT2D eigenvalue weighted by Gasteiger charge is -2.13. The molecule has 0 fully saturated rings. The number of thiazole rings is 1. The van der Waals surface area contributed by atoms with E-state index < -0.39 is 6.10 Å². The van der Waals surface area contributed by atoms with Crippen LogP contribution in [-0.4, -0.2) is 28.8 Å². The number of hydrogen-bond acceptors (Lipinski definition) is 5. The Kier molecular flexibility index (Phi) is 4.95. The molecule has 3 aromatic rings. The molecule has 2 aromatic carbocycles. The van der Waals surface area contributed by atoms with Crippen molar-refractivity contribution in [2.45, 2.75) is 11.0 Å². The molecule has 1 heterocycles. The van der Waals surface area contributed by atoms with E-state index in [1.165, 1.54) is 11.3 Å². The largest absolute Gasteiger partial charge is 0.387 e. The minimum atomic E-state index is -0.720. The predicted octanol–water partition coefficient (Wildman–Crippen LogP) is 3.48. The maximum Gasteiger partial charge on any atom is 0.251 e. The number of nitrogens with zero attached hydrogens (tertiary/aromatic N) is 1. The number of fused-ring (bicyclic) bond motifs is 1. The van der Waals surface area contributed by atoms with Crippen LogP contribution in [0.4, 0.5) is 0 Å². The smallest absolute Gasteiger partial charge is 0.251 e. The van der Waals surface area contributed by atoms with Gasteiger partial charge in [-0.1, -0.05) is 12.1 Å². The highest BCUT2D eigenvalue weighted by Gasteiger charge is 2.12. The first kappa shape index (κ1) is 16.0. The number of carbonyl (C=O) groups is 1. The average Bonchev–Trinajstić information content (AvgIpc) is 3.07. The highest BCUT2D eigenvalue weighted by molar-refractivity contribution is 7.98. The first-order chi connectivity index (χ1) is 11.2. The third kappa shape index (κ3) is 3.72. The van der Waals surface area contributed by atoms with E-state index in [1.807, 2.05) is 42.7 Å². The van der Waals surface area contributed by atoms with Gasteiger partial charge in [-0.05, 0) is 42.2 Å². The average molecular weight is 344 g/mol. The summed E-state index contributed by atoms with van der Waals surface area (Å²) in [6.07, 6.45) is 1.29. The Morgan fingerprint density at radius 1 is 1.30 bits per heavy atom. The van der Waals surface area contributed by atoms with Gasteiger partial charge >= 0.3 is 0 Å². The van der Waals surface area contributed by atoms with Crippen molar-refractivity contribution >= 4 is 39.2 Å². The van der Waals surface area contributed by atoms with Crippen LogP contribution in [-0.2, 0) is 0 Å². The van der Waals surface area contributed by atoms with E-state index in [0.717, 1.165) is 20.7 Å². The van der Waals surface area contributed by atoms with Gasteiger partial charge in [0.25, 0.3) is 5.91 Å². The summed E-state index contributed by atoms with van der Waals surface area (Å²) in [4.78, 5) is 17.5. The first-order valence-corrected chi connectivity index (χ1v) is 9.21. The summed E-state index contributed by atoms with van der Waals surface area (Å²) in [5.41, 5.74) is 4.02. The number of aromatic nitrogens is 1. The number of hydrogen-bond donors (Lipinski definition) is 2. The molecule has 2 N–H and O–H groups in total. The summed E-state index contributed by atoms with van der Waals surface area (Å²) in [6, 6.07) is 13.1. The van der Waals surface area contributed by atoms with Gasteiger partial charge in [0.2, 0.25) is 0 Å². The number of thioether (sulfide) groups is 1. The first-order valence-electron chi connectivity index (χ1n) is 7.11. The lowest BCUT2D eigenvalue weighted by atomic mass is 10.1. The fourth-order valence-electron chi connectivity index (χ4n) is 2.23. The van der Waals surface area contributed by atoms with Gasteiger partial charge in [-0.15, -0.1) is 23.1 Å². The van der Waals surface area contributed by atoms with Gasteiger partial charge in [0.15, 0.2) is 0 Å². The van der Waals surface area contributed by atoms with Crippen LogP contribution in [0.15, 0.2) is 52.9 Å². The number of aliphatic hydroxyl groups is 1. The van der Waals surface area contributed by atoms with E-state index >= 15 is 0 Å². The third-order valence-corrected chi connectivity index (χ3v) is 5.09. The van der Waals surface area contributed by atoms with E-state index in [0.29, 0.717) is 5.56 Å². The molecule has 4 nitrogen and oxygen atoms in total. The van der Waals surface area contributed by atoms with Crippen LogP contribution in [0, 0.1) is 0 Å². The second kappa shape index (κ2) is 7.12. The maximum absolute atomic E-state index is 12.2. The summed E-state index contributed by atoms with van der Waals surface area (Å²) in [7, 11) is 0. The summed E-state index contributed by atoms with van der Waals surface area (Å²) in [6.45, 7) is 0.179. The molecule has 0 aliphatic carbocycles. The molecule has 1 amide bonds. The second-order valence-corrected chi connectivity index (χ2v) is 6.80. The molecule has 0 saturated carbocycles. The van der Waals surface area contributed by atoms with E-state index in [9.17, 15) is 9.90 Å². The number of benzene rings is 2. The van der Waals surface area contributed by atoms with Crippen molar-refractivity contribution in [1.82, 2.24) is 10.3 Å². The lowest BCUT2D eigenvalue weighted by Crippen LogP contribution is -2.28. The molecule has 23 heavy (non-hydrogen) atoms. The Labute approximate surface area is 142 Å². The Bertz CT molecular complexity index is 815. The Balaban J connectivity index is 1.63. The van der Waals surface area contributed by atoms with Gasteiger partial charge in [0.05, 0.1) is 21.8 Å². The fourth-order valence-corrected chi connectivity index (χ4v) is 3.36. The summed E-state index contributed by atoms with van der Waals surface area (Å²) in [5, 5.41) is 13.0. The number of aliphatic hydroxyl groups excluding tert-OH is 1. The SMILES string of the molecule is CSc1ccc(C(O)CNC(=O)c2ccc3ncsc3c2)cc1. The van der Waals surface area contributed by atoms with Crippen molar-refractivity contribution in [3.05, 3.63) is 59.1 Å². The van der Waals surface area contributed by atoms with Crippen molar-refractivity contribution < 1.29 is 9.90 Å². The zero-order valence-electron chi connectivity index (χ0n) is 12.5. The molecular formula is C17H16N2O2S2. The molecule has 0 aliphatic heterocycles. The minimum absolute atomic E-state index is 0.179. The molecule has 3 rings (SSSR count). The van der Waals surface area contributed by atoms with Gasteiger partial charge in [-0.25, -0.2) is 4.98 Å². The van der Waals surface area contributed by atoms with Crippen molar-refractivity contribution in [1.29, 1.82) is 0 Å². The molecule has 6 heteroatoms. The van der Waals surface area contributed by atoms with Gasteiger partial charge in [0, 0.05) is 17.0 Å². The second-order valence-electron chi connectivity index (χ2n) is 5.03. The van der Waals surface area contributed by atoms with Crippen LogP contribution in [0.25, 0.3) is 10.2 Å². The quantitative estimate of drug-likeness (QED) is 0.696. The fraction of sp³-hybridized carbons (Fsp3) is 0.176. The van der Waals surface area contributed by atoms with Crippen molar-refractivity contribution in [3.8, 4) is 0 Å². The highest BCUT2D eigenvalue weighted by Crippen LogP contribution is 2.20. The molecular weight excluding hydrogens is 328 g/mol. The normalized spacial score (nSPS) is 12.3. The van der Waals surface area contributed by atoms with Crippen LogP contribution in [0.1, 0.15) is 22.0 Å². The van der Waals surface area contributed by atoms with E-state index in [1.54, 1.807) is 23.3 Å². The summed E-state index contributed by atoms with van der Waals surface area (Å²) >= 11 is 3.15. The van der Waals surface area contributed by atoms with Crippen molar-refractivity contribution in [2.75, 3.05) is 12.8 Å². The molecule has 1 aromatic heterocycles. The van der Waals surface area contributed by atoms with Crippen LogP contribution in [0.5, 0.6) is 0 Å². The third-order valence-electron chi connectivity index (χ3n) is 3.55. The van der Waals surface area contributed by atoms with Gasteiger partial charge in [-0.3, -0.25) is 4.79 Å². The minimum Gasteiger partial charge on any atom is -0.387 e. The van der Waals surface area contributed by atoms with E-state index in [2.05, 4.69) is 10.3 Å². The van der Waals surface area contributed by atoms with E-state index in [-0.39, 0.29) is 12.5 Å². The van der Waals surface area contributed by atoms with E-state index in [4.69, 9.17) is 0 Å². The highest BCUT2D eigenvalue weighted by atomic mass is 32.2. The molecule has 118 valence electrons. The summed E-state index contributed by atoms with van der Waals surface area (Å²) in [5.74, 6) is -0.194.